The van der Waals surface area contributed by atoms with Crippen LogP contribution in [0.4, 0.5) is 0 Å². The maximum Gasteiger partial charge on any atom is 0.339 e. The van der Waals surface area contributed by atoms with E-state index in [-0.39, 0.29) is 5.97 Å². The third-order valence-corrected chi connectivity index (χ3v) is 1.77. The highest BCUT2D eigenvalue weighted by atomic mass is 16.5. The van der Waals surface area contributed by atoms with Gasteiger partial charge in [-0.1, -0.05) is 6.58 Å². The predicted octanol–water partition coefficient (Wildman–Crippen LogP) is 1.60. The molecule has 1 aromatic heterocycles. The molecule has 1 heterocycles. The van der Waals surface area contributed by atoms with Crippen LogP contribution >= 0.6 is 0 Å². The van der Waals surface area contributed by atoms with Crippen molar-refractivity contribution in [2.75, 3.05) is 6.61 Å². The van der Waals surface area contributed by atoms with E-state index in [1.807, 2.05) is 29.9 Å². The van der Waals surface area contributed by atoms with Gasteiger partial charge in [-0.3, -0.25) is 0 Å². The lowest BCUT2D eigenvalue weighted by Crippen LogP contribution is -2.08. The highest BCUT2D eigenvalue weighted by Gasteiger charge is 2.11. The lowest BCUT2D eigenvalue weighted by Gasteiger charge is -2.05. The van der Waals surface area contributed by atoms with Gasteiger partial charge in [0.15, 0.2) is 0 Å². The van der Waals surface area contributed by atoms with E-state index < -0.39 is 0 Å². The summed E-state index contributed by atoms with van der Waals surface area (Å²) in [6.07, 6.45) is 1.86. The van der Waals surface area contributed by atoms with Crippen LogP contribution < -0.4 is 0 Å². The van der Waals surface area contributed by atoms with Crippen molar-refractivity contribution < 1.29 is 9.53 Å². The van der Waals surface area contributed by atoms with Crippen LogP contribution in [-0.2, 0) is 16.6 Å². The molecule has 13 heavy (non-hydrogen) atoms. The van der Waals surface area contributed by atoms with Gasteiger partial charge < -0.3 is 9.30 Å². The molecule has 0 bridgehead atoms. The summed E-state index contributed by atoms with van der Waals surface area (Å²) >= 11 is 0. The summed E-state index contributed by atoms with van der Waals surface area (Å²) in [6.45, 7) is 5.83. The first-order valence-corrected chi connectivity index (χ1v) is 4.14. The Morgan fingerprint density at radius 2 is 2.38 bits per heavy atom. The summed E-state index contributed by atoms with van der Waals surface area (Å²) in [7, 11) is 1.86. The fourth-order valence-corrected chi connectivity index (χ4v) is 1.10. The maximum absolute atomic E-state index is 11.3. The minimum Gasteiger partial charge on any atom is -0.462 e. The summed E-state index contributed by atoms with van der Waals surface area (Å²) in [5.41, 5.74) is 1.19. The van der Waals surface area contributed by atoms with Gasteiger partial charge in [-0.2, -0.15) is 0 Å². The molecule has 0 aliphatic carbocycles. The molecule has 1 aromatic rings. The number of ether oxygens (including phenoxy) is 1. The van der Waals surface area contributed by atoms with Crippen LogP contribution in [0.15, 0.2) is 24.9 Å². The summed E-state index contributed by atoms with van der Waals surface area (Å²) in [5, 5.41) is 0. The number of rotatable bonds is 3. The molecule has 0 spiro atoms. The highest BCUT2D eigenvalue weighted by Crippen LogP contribution is 2.13. The third-order valence-electron chi connectivity index (χ3n) is 1.77. The average Bonchev–Trinajstić information content (AvgIpc) is 2.50. The van der Waals surface area contributed by atoms with Crippen molar-refractivity contribution in [1.29, 1.82) is 0 Å². The fraction of sp³-hybridized carbons (Fsp3) is 0.300. The molecular weight excluding hydrogens is 166 g/mol. The Kier molecular flexibility index (Phi) is 2.90. The van der Waals surface area contributed by atoms with Crippen LogP contribution in [-0.4, -0.2) is 17.1 Å². The highest BCUT2D eigenvalue weighted by molar-refractivity contribution is 6.15. The molecule has 3 nitrogen and oxygen atoms in total. The molecule has 0 atom stereocenters. The zero-order valence-corrected chi connectivity index (χ0v) is 7.91. The molecule has 0 saturated carbocycles. The summed E-state index contributed by atoms with van der Waals surface area (Å²) in [4.78, 5) is 11.3. The van der Waals surface area contributed by atoms with E-state index >= 15 is 0 Å². The number of hydrogen-bond acceptors (Lipinski definition) is 2. The molecule has 0 saturated heterocycles. The Bertz CT molecular complexity index is 325. The Labute approximate surface area is 77.6 Å². The number of nitrogens with zero attached hydrogens (tertiary/aromatic N) is 1. The van der Waals surface area contributed by atoms with Gasteiger partial charge in [-0.15, -0.1) is 0 Å². The molecule has 0 N–H and O–H groups in total. The molecule has 3 heteroatoms. The first-order valence-electron chi connectivity index (χ1n) is 4.14. The van der Waals surface area contributed by atoms with Gasteiger partial charge in [0, 0.05) is 13.2 Å². The molecule has 0 aliphatic rings. The molecular formula is C10H13NO2. The van der Waals surface area contributed by atoms with Crippen molar-refractivity contribution in [2.45, 2.75) is 6.92 Å². The van der Waals surface area contributed by atoms with Crippen LogP contribution in [0.1, 0.15) is 12.6 Å². The smallest absolute Gasteiger partial charge is 0.339 e. The molecule has 0 amide bonds. The number of aromatic nitrogens is 1. The summed E-state index contributed by atoms with van der Waals surface area (Å²) in [6, 6.07) is 3.69. The van der Waals surface area contributed by atoms with Crippen molar-refractivity contribution in [3.8, 4) is 0 Å². The fourth-order valence-electron chi connectivity index (χ4n) is 1.10. The summed E-state index contributed by atoms with van der Waals surface area (Å²) < 4.78 is 6.66. The van der Waals surface area contributed by atoms with Crippen LogP contribution in [0.3, 0.4) is 0 Å². The van der Waals surface area contributed by atoms with E-state index in [9.17, 15) is 4.79 Å². The van der Waals surface area contributed by atoms with Crippen molar-refractivity contribution >= 4 is 11.5 Å². The summed E-state index contributed by atoms with van der Waals surface area (Å²) in [5.74, 6) is -0.357. The van der Waals surface area contributed by atoms with E-state index in [0.29, 0.717) is 12.2 Å². The van der Waals surface area contributed by atoms with Crippen molar-refractivity contribution in [2.24, 2.45) is 7.05 Å². The van der Waals surface area contributed by atoms with E-state index in [0.717, 1.165) is 5.69 Å². The lowest BCUT2D eigenvalue weighted by atomic mass is 10.2. The largest absolute Gasteiger partial charge is 0.462 e. The molecule has 0 aromatic carbocycles. The number of hydrogen-bond donors (Lipinski definition) is 0. The van der Waals surface area contributed by atoms with Gasteiger partial charge in [0.1, 0.15) is 0 Å². The van der Waals surface area contributed by atoms with Crippen LogP contribution in [0.5, 0.6) is 0 Å². The number of aryl methyl sites for hydroxylation is 1. The normalized spacial score (nSPS) is 9.69. The lowest BCUT2D eigenvalue weighted by molar-refractivity contribution is -0.136. The second-order valence-electron chi connectivity index (χ2n) is 2.70. The Morgan fingerprint density at radius 1 is 1.69 bits per heavy atom. The monoisotopic (exact) mass is 179 g/mol. The average molecular weight is 179 g/mol. The standard InChI is InChI=1S/C10H13NO2/c1-4-13-10(12)8(2)9-6-5-7-11(9)3/h5-7H,2,4H2,1,3H3. The van der Waals surface area contributed by atoms with E-state index in [2.05, 4.69) is 6.58 Å². The molecule has 0 radical (unpaired) electrons. The Morgan fingerprint density at radius 3 is 2.85 bits per heavy atom. The van der Waals surface area contributed by atoms with Gasteiger partial charge >= 0.3 is 5.97 Å². The van der Waals surface area contributed by atoms with E-state index in [1.165, 1.54) is 0 Å². The number of esters is 1. The quantitative estimate of drug-likeness (QED) is 0.521. The minimum atomic E-state index is -0.357. The molecule has 1 rings (SSSR count). The maximum atomic E-state index is 11.3. The Hall–Kier alpha value is -1.51. The van der Waals surface area contributed by atoms with Gasteiger partial charge in [-0.05, 0) is 19.1 Å². The van der Waals surface area contributed by atoms with Crippen LogP contribution in [0.2, 0.25) is 0 Å². The molecule has 0 fully saturated rings. The second-order valence-corrected chi connectivity index (χ2v) is 2.70. The van der Waals surface area contributed by atoms with Crippen molar-refractivity contribution in [3.05, 3.63) is 30.6 Å². The van der Waals surface area contributed by atoms with Crippen molar-refractivity contribution in [3.63, 3.8) is 0 Å². The van der Waals surface area contributed by atoms with Gasteiger partial charge in [-0.25, -0.2) is 4.79 Å². The predicted molar refractivity (Wildman–Crippen MR) is 51.1 cm³/mol. The van der Waals surface area contributed by atoms with Crippen LogP contribution in [0.25, 0.3) is 5.57 Å². The topological polar surface area (TPSA) is 31.2 Å². The first kappa shape index (κ1) is 9.58. The zero-order valence-electron chi connectivity index (χ0n) is 7.91. The first-order chi connectivity index (χ1) is 6.16. The molecule has 70 valence electrons. The van der Waals surface area contributed by atoms with Gasteiger partial charge in [0.05, 0.1) is 17.9 Å². The zero-order chi connectivity index (χ0) is 9.84. The van der Waals surface area contributed by atoms with Crippen molar-refractivity contribution in [1.82, 2.24) is 4.57 Å². The van der Waals surface area contributed by atoms with Gasteiger partial charge in [0.2, 0.25) is 0 Å². The molecule has 0 unspecified atom stereocenters. The third kappa shape index (κ3) is 1.99. The van der Waals surface area contributed by atoms with E-state index in [1.54, 1.807) is 6.92 Å². The number of carbonyl (C=O) groups excluding carboxylic acids is 1. The minimum absolute atomic E-state index is 0.357. The van der Waals surface area contributed by atoms with Gasteiger partial charge in [0.25, 0.3) is 0 Å². The SMILES string of the molecule is C=C(C(=O)OCC)c1cccn1C. The second kappa shape index (κ2) is 3.94. The molecule has 0 aliphatic heterocycles. The van der Waals surface area contributed by atoms with E-state index in [4.69, 9.17) is 4.74 Å². The van der Waals surface area contributed by atoms with Crippen LogP contribution in [0, 0.1) is 0 Å². The number of carbonyl (C=O) groups is 1. The Balaban J connectivity index is 2.80.